The first-order valence-corrected chi connectivity index (χ1v) is 8.22. The largest absolute Gasteiger partial charge is 0.486 e. The Morgan fingerprint density at radius 1 is 1.29 bits per heavy atom. The second-order valence-electron chi connectivity index (χ2n) is 5.52. The highest BCUT2D eigenvalue weighted by molar-refractivity contribution is 7.11. The number of thiazole rings is 1. The number of benzene rings is 1. The molecule has 0 aliphatic carbocycles. The van der Waals surface area contributed by atoms with Gasteiger partial charge < -0.3 is 10.5 Å². The van der Waals surface area contributed by atoms with Crippen LogP contribution in [0.25, 0.3) is 0 Å². The van der Waals surface area contributed by atoms with E-state index in [1.807, 2.05) is 13.0 Å². The summed E-state index contributed by atoms with van der Waals surface area (Å²) in [5.41, 5.74) is 9.61. The number of aryl methyl sites for hydroxylation is 3. The molecule has 1 unspecified atom stereocenters. The Kier molecular flexibility index (Phi) is 5.37. The van der Waals surface area contributed by atoms with Crippen molar-refractivity contribution in [3.8, 4) is 5.75 Å². The van der Waals surface area contributed by atoms with Gasteiger partial charge in [0.1, 0.15) is 17.4 Å². The summed E-state index contributed by atoms with van der Waals surface area (Å²) in [6, 6.07) is 6.47. The van der Waals surface area contributed by atoms with Crippen molar-refractivity contribution in [2.24, 2.45) is 5.73 Å². The van der Waals surface area contributed by atoms with Crippen molar-refractivity contribution < 1.29 is 4.74 Å². The Labute approximate surface area is 131 Å². The fourth-order valence-corrected chi connectivity index (χ4v) is 3.02. The Bertz CT molecular complexity index is 587. The van der Waals surface area contributed by atoms with Crippen molar-refractivity contribution in [1.29, 1.82) is 0 Å². The molecule has 1 aromatic heterocycles. The quantitative estimate of drug-likeness (QED) is 0.879. The molecule has 0 aliphatic rings. The number of ether oxygens (including phenoxy) is 1. The molecule has 1 heterocycles. The molecule has 0 saturated carbocycles. The average Bonchev–Trinajstić information content (AvgIpc) is 2.76. The molecule has 114 valence electrons. The molecule has 1 aromatic carbocycles. The number of aromatic nitrogens is 1. The smallest absolute Gasteiger partial charge is 0.140 e. The Hall–Kier alpha value is -1.39. The van der Waals surface area contributed by atoms with Crippen molar-refractivity contribution in [3.05, 3.63) is 44.9 Å². The van der Waals surface area contributed by atoms with E-state index in [-0.39, 0.29) is 6.04 Å². The molecule has 0 amide bonds. The Balaban J connectivity index is 2.11. The van der Waals surface area contributed by atoms with E-state index in [1.54, 1.807) is 11.3 Å². The van der Waals surface area contributed by atoms with Crippen LogP contribution in [0, 0.1) is 20.8 Å². The molecule has 0 radical (unpaired) electrons. The van der Waals surface area contributed by atoms with Gasteiger partial charge in [-0.25, -0.2) is 4.98 Å². The van der Waals surface area contributed by atoms with Gasteiger partial charge in [0.2, 0.25) is 0 Å². The zero-order valence-corrected chi connectivity index (χ0v) is 14.1. The van der Waals surface area contributed by atoms with Crippen LogP contribution in [-0.2, 0) is 13.0 Å². The molecule has 2 aromatic rings. The van der Waals surface area contributed by atoms with E-state index in [9.17, 15) is 0 Å². The molecule has 0 fully saturated rings. The highest BCUT2D eigenvalue weighted by Crippen LogP contribution is 2.24. The van der Waals surface area contributed by atoms with Crippen LogP contribution in [0.1, 0.15) is 40.1 Å². The number of nitrogens with zero attached hydrogens (tertiary/aromatic N) is 1. The van der Waals surface area contributed by atoms with Gasteiger partial charge >= 0.3 is 0 Å². The van der Waals surface area contributed by atoms with Crippen LogP contribution < -0.4 is 10.5 Å². The number of hydrogen-bond acceptors (Lipinski definition) is 4. The average molecular weight is 304 g/mol. The van der Waals surface area contributed by atoms with Crippen LogP contribution in [0.5, 0.6) is 5.75 Å². The topological polar surface area (TPSA) is 48.1 Å². The third-order valence-corrected chi connectivity index (χ3v) is 4.69. The Morgan fingerprint density at radius 3 is 2.67 bits per heavy atom. The van der Waals surface area contributed by atoms with E-state index >= 15 is 0 Å². The monoisotopic (exact) mass is 304 g/mol. The van der Waals surface area contributed by atoms with Crippen LogP contribution in [0.3, 0.4) is 0 Å². The number of hydrogen-bond donors (Lipinski definition) is 1. The fourth-order valence-electron chi connectivity index (χ4n) is 2.18. The maximum absolute atomic E-state index is 6.09. The minimum atomic E-state index is 0.179. The van der Waals surface area contributed by atoms with Gasteiger partial charge in [-0.05, 0) is 45.2 Å². The molecule has 0 spiro atoms. The van der Waals surface area contributed by atoms with Crippen molar-refractivity contribution in [3.63, 3.8) is 0 Å². The van der Waals surface area contributed by atoms with Gasteiger partial charge in [-0.3, -0.25) is 0 Å². The lowest BCUT2D eigenvalue weighted by molar-refractivity contribution is 0.301. The van der Waals surface area contributed by atoms with E-state index in [0.29, 0.717) is 6.61 Å². The third kappa shape index (κ3) is 4.29. The summed E-state index contributed by atoms with van der Waals surface area (Å²) in [6.07, 6.45) is 1.82. The molecule has 2 N–H and O–H groups in total. The minimum absolute atomic E-state index is 0.179. The van der Waals surface area contributed by atoms with E-state index in [4.69, 9.17) is 10.5 Å². The normalized spacial score (nSPS) is 12.4. The fraction of sp³-hybridized carbons (Fsp3) is 0.471. The zero-order chi connectivity index (χ0) is 15.4. The molecule has 1 atom stereocenters. The summed E-state index contributed by atoms with van der Waals surface area (Å²) in [4.78, 5) is 5.77. The predicted molar refractivity (Wildman–Crippen MR) is 89.1 cm³/mol. The van der Waals surface area contributed by atoms with Crippen LogP contribution in [0.4, 0.5) is 0 Å². The highest BCUT2D eigenvalue weighted by Gasteiger charge is 2.10. The molecule has 0 saturated heterocycles. The predicted octanol–water partition coefficient (Wildman–Crippen LogP) is 3.93. The van der Waals surface area contributed by atoms with Gasteiger partial charge in [0, 0.05) is 10.9 Å². The van der Waals surface area contributed by atoms with Crippen molar-refractivity contribution in [2.45, 2.75) is 53.2 Å². The molecule has 2 rings (SSSR count). The van der Waals surface area contributed by atoms with Gasteiger partial charge in [0.05, 0.1) is 5.69 Å². The molecule has 3 nitrogen and oxygen atoms in total. The maximum atomic E-state index is 6.09. The third-order valence-electron chi connectivity index (χ3n) is 3.65. The standard InChI is InChI=1S/C17H24N2OS/c1-5-15(18)9-14-8-11(2)6-7-16(14)20-10-17-19-12(3)13(4)21-17/h6-8,15H,5,9-10,18H2,1-4H3. The number of nitrogens with two attached hydrogens (primary N) is 1. The molecule has 21 heavy (non-hydrogen) atoms. The van der Waals surface area contributed by atoms with Gasteiger partial charge in [-0.15, -0.1) is 11.3 Å². The second kappa shape index (κ2) is 7.05. The lowest BCUT2D eigenvalue weighted by atomic mass is 10.0. The first kappa shape index (κ1) is 16.0. The Morgan fingerprint density at radius 2 is 2.05 bits per heavy atom. The van der Waals surface area contributed by atoms with E-state index < -0.39 is 0 Å². The summed E-state index contributed by atoms with van der Waals surface area (Å²) in [7, 11) is 0. The summed E-state index contributed by atoms with van der Waals surface area (Å²) >= 11 is 1.70. The van der Waals surface area contributed by atoms with Crippen molar-refractivity contribution in [2.75, 3.05) is 0 Å². The SMILES string of the molecule is CCC(N)Cc1cc(C)ccc1OCc1nc(C)c(C)s1. The lowest BCUT2D eigenvalue weighted by Gasteiger charge is -2.14. The zero-order valence-electron chi connectivity index (χ0n) is 13.3. The molecule has 0 bridgehead atoms. The van der Waals surface area contributed by atoms with Gasteiger partial charge in [0.25, 0.3) is 0 Å². The summed E-state index contributed by atoms with van der Waals surface area (Å²) < 4.78 is 5.98. The summed E-state index contributed by atoms with van der Waals surface area (Å²) in [5.74, 6) is 0.926. The van der Waals surface area contributed by atoms with Gasteiger partial charge in [0.15, 0.2) is 0 Å². The first-order valence-electron chi connectivity index (χ1n) is 7.40. The second-order valence-corrected chi connectivity index (χ2v) is 6.81. The maximum Gasteiger partial charge on any atom is 0.140 e. The van der Waals surface area contributed by atoms with Crippen LogP contribution >= 0.6 is 11.3 Å². The van der Waals surface area contributed by atoms with Crippen LogP contribution in [0.2, 0.25) is 0 Å². The van der Waals surface area contributed by atoms with Gasteiger partial charge in [-0.1, -0.05) is 24.6 Å². The first-order chi connectivity index (χ1) is 9.99. The van der Waals surface area contributed by atoms with E-state index in [1.165, 1.54) is 16.0 Å². The van der Waals surface area contributed by atoms with Crippen molar-refractivity contribution in [1.82, 2.24) is 4.98 Å². The van der Waals surface area contributed by atoms with E-state index in [0.717, 1.165) is 29.3 Å². The molecular formula is C17H24N2OS. The van der Waals surface area contributed by atoms with E-state index in [2.05, 4.69) is 37.9 Å². The molecular weight excluding hydrogens is 280 g/mol. The van der Waals surface area contributed by atoms with Crippen molar-refractivity contribution >= 4 is 11.3 Å². The lowest BCUT2D eigenvalue weighted by Crippen LogP contribution is -2.21. The summed E-state index contributed by atoms with van der Waals surface area (Å²) in [6.45, 7) is 8.86. The van der Waals surface area contributed by atoms with Crippen LogP contribution in [-0.4, -0.2) is 11.0 Å². The van der Waals surface area contributed by atoms with Crippen LogP contribution in [0.15, 0.2) is 18.2 Å². The number of rotatable bonds is 6. The highest BCUT2D eigenvalue weighted by atomic mass is 32.1. The molecule has 4 heteroatoms. The summed E-state index contributed by atoms with van der Waals surface area (Å²) in [5, 5.41) is 1.02. The molecule has 0 aliphatic heterocycles. The van der Waals surface area contributed by atoms with Gasteiger partial charge in [-0.2, -0.15) is 0 Å². The minimum Gasteiger partial charge on any atom is -0.486 e.